The van der Waals surface area contributed by atoms with Crippen LogP contribution in [0.15, 0.2) is 12.3 Å². The van der Waals surface area contributed by atoms with Gasteiger partial charge in [0.05, 0.1) is 5.69 Å². The SMILES string of the molecule is Cc1ccnc(Nc2c(F)c(F)c(F)c(F)c2F)c1N. The highest BCUT2D eigenvalue weighted by molar-refractivity contribution is 5.71. The Kier molecular flexibility index (Phi) is 3.47. The third-order valence-corrected chi connectivity index (χ3v) is 2.66. The van der Waals surface area contributed by atoms with Crippen LogP contribution in [-0.2, 0) is 0 Å². The lowest BCUT2D eigenvalue weighted by atomic mass is 10.2. The van der Waals surface area contributed by atoms with Crippen molar-refractivity contribution in [2.75, 3.05) is 11.1 Å². The van der Waals surface area contributed by atoms with E-state index in [0.29, 0.717) is 5.56 Å². The van der Waals surface area contributed by atoms with Gasteiger partial charge in [-0.15, -0.1) is 0 Å². The second kappa shape index (κ2) is 4.95. The minimum Gasteiger partial charge on any atom is -0.396 e. The van der Waals surface area contributed by atoms with E-state index in [1.807, 2.05) is 5.32 Å². The highest BCUT2D eigenvalue weighted by Crippen LogP contribution is 2.31. The molecule has 0 aliphatic heterocycles. The zero-order valence-corrected chi connectivity index (χ0v) is 10.1. The molecule has 0 bridgehead atoms. The van der Waals surface area contributed by atoms with Gasteiger partial charge >= 0.3 is 0 Å². The molecule has 0 unspecified atom stereocenters. The molecular weight excluding hydrogens is 281 g/mol. The number of nitrogens with one attached hydrogen (secondary N) is 1. The Morgan fingerprint density at radius 1 is 0.950 bits per heavy atom. The number of aromatic nitrogens is 1. The molecule has 1 aromatic heterocycles. The van der Waals surface area contributed by atoms with E-state index in [9.17, 15) is 22.0 Å². The van der Waals surface area contributed by atoms with Crippen LogP contribution < -0.4 is 11.1 Å². The van der Waals surface area contributed by atoms with Crippen molar-refractivity contribution < 1.29 is 22.0 Å². The number of benzene rings is 1. The Balaban J connectivity index is 2.57. The number of halogens is 5. The number of nitrogen functional groups attached to an aromatic ring is 1. The molecule has 3 N–H and O–H groups in total. The maximum absolute atomic E-state index is 13.5. The smallest absolute Gasteiger partial charge is 0.200 e. The molecule has 106 valence electrons. The summed E-state index contributed by atoms with van der Waals surface area (Å²) in [5, 5.41) is 2.03. The summed E-state index contributed by atoms with van der Waals surface area (Å²) < 4.78 is 65.9. The Bertz CT molecular complexity index is 658. The molecule has 2 aromatic rings. The van der Waals surface area contributed by atoms with Crippen LogP contribution in [0.3, 0.4) is 0 Å². The maximum Gasteiger partial charge on any atom is 0.200 e. The van der Waals surface area contributed by atoms with Gasteiger partial charge in [-0.3, -0.25) is 0 Å². The van der Waals surface area contributed by atoms with E-state index in [1.165, 1.54) is 12.3 Å². The summed E-state index contributed by atoms with van der Waals surface area (Å²) >= 11 is 0. The van der Waals surface area contributed by atoms with Gasteiger partial charge in [-0.1, -0.05) is 0 Å². The number of rotatable bonds is 2. The van der Waals surface area contributed by atoms with Crippen molar-refractivity contribution in [3.05, 3.63) is 46.9 Å². The van der Waals surface area contributed by atoms with Crippen molar-refractivity contribution in [1.82, 2.24) is 4.98 Å². The van der Waals surface area contributed by atoms with Crippen molar-refractivity contribution in [2.45, 2.75) is 6.92 Å². The summed E-state index contributed by atoms with van der Waals surface area (Å²) in [6.07, 6.45) is 1.28. The Labute approximate surface area is 110 Å². The Hall–Kier alpha value is -2.38. The summed E-state index contributed by atoms with van der Waals surface area (Å²) in [7, 11) is 0. The fraction of sp³-hybridized carbons (Fsp3) is 0.0833. The zero-order valence-electron chi connectivity index (χ0n) is 10.1. The van der Waals surface area contributed by atoms with Gasteiger partial charge in [-0.25, -0.2) is 26.9 Å². The molecule has 2 rings (SSSR count). The number of anilines is 3. The van der Waals surface area contributed by atoms with E-state index < -0.39 is 34.8 Å². The van der Waals surface area contributed by atoms with Crippen LogP contribution in [-0.4, -0.2) is 4.98 Å². The molecule has 0 amide bonds. The first-order valence-electron chi connectivity index (χ1n) is 5.34. The third kappa shape index (κ3) is 2.13. The van der Waals surface area contributed by atoms with Gasteiger partial charge in [0, 0.05) is 6.20 Å². The number of hydrogen-bond acceptors (Lipinski definition) is 3. The maximum atomic E-state index is 13.5. The summed E-state index contributed by atoms with van der Waals surface area (Å²) in [5.41, 5.74) is 4.97. The van der Waals surface area contributed by atoms with Crippen molar-refractivity contribution in [3.63, 3.8) is 0 Å². The molecule has 0 saturated heterocycles. The standard InChI is InChI=1S/C12H8F5N3/c1-4-2-3-19-12(10(4)18)20-11-8(16)6(14)5(13)7(15)9(11)17/h2-3H,18H2,1H3,(H,19,20). The van der Waals surface area contributed by atoms with Crippen LogP contribution in [0.1, 0.15) is 5.56 Å². The Morgan fingerprint density at radius 3 is 2.00 bits per heavy atom. The molecule has 8 heteroatoms. The van der Waals surface area contributed by atoms with Crippen LogP contribution >= 0.6 is 0 Å². The lowest BCUT2D eigenvalue weighted by Gasteiger charge is -2.12. The van der Waals surface area contributed by atoms with Crippen molar-refractivity contribution in [1.29, 1.82) is 0 Å². The van der Waals surface area contributed by atoms with Crippen LogP contribution in [0.2, 0.25) is 0 Å². The van der Waals surface area contributed by atoms with Crippen LogP contribution in [0.4, 0.5) is 39.1 Å². The molecule has 0 radical (unpaired) electrons. The van der Waals surface area contributed by atoms with Crippen molar-refractivity contribution >= 4 is 17.2 Å². The van der Waals surface area contributed by atoms with Gasteiger partial charge in [0.1, 0.15) is 5.69 Å². The topological polar surface area (TPSA) is 50.9 Å². The number of aryl methyl sites for hydroxylation is 1. The molecule has 0 aliphatic carbocycles. The molecule has 1 aromatic carbocycles. The quantitative estimate of drug-likeness (QED) is 0.506. The monoisotopic (exact) mass is 289 g/mol. The minimum atomic E-state index is -2.23. The van der Waals surface area contributed by atoms with Gasteiger partial charge in [-0.2, -0.15) is 0 Å². The lowest BCUT2D eigenvalue weighted by molar-refractivity contribution is 0.382. The fourth-order valence-corrected chi connectivity index (χ4v) is 1.50. The minimum absolute atomic E-state index is 0.0384. The molecule has 20 heavy (non-hydrogen) atoms. The summed E-state index contributed by atoms with van der Waals surface area (Å²) in [5.74, 6) is -10.5. The first-order chi connectivity index (χ1) is 9.34. The van der Waals surface area contributed by atoms with Gasteiger partial charge in [-0.05, 0) is 18.6 Å². The number of pyridine rings is 1. The summed E-state index contributed by atoms with van der Waals surface area (Å²) in [6, 6.07) is 1.53. The van der Waals surface area contributed by atoms with E-state index >= 15 is 0 Å². The number of nitrogens with zero attached hydrogens (tertiary/aromatic N) is 1. The van der Waals surface area contributed by atoms with E-state index in [2.05, 4.69) is 4.98 Å². The van der Waals surface area contributed by atoms with Gasteiger partial charge < -0.3 is 11.1 Å². The molecule has 1 heterocycles. The second-order valence-electron chi connectivity index (χ2n) is 3.96. The highest BCUT2D eigenvalue weighted by Gasteiger charge is 2.26. The van der Waals surface area contributed by atoms with Crippen LogP contribution in [0, 0.1) is 36.0 Å². The lowest BCUT2D eigenvalue weighted by Crippen LogP contribution is -2.09. The third-order valence-electron chi connectivity index (χ3n) is 2.66. The zero-order chi connectivity index (χ0) is 15.0. The normalized spacial score (nSPS) is 10.7. The van der Waals surface area contributed by atoms with E-state index in [-0.39, 0.29) is 11.5 Å². The van der Waals surface area contributed by atoms with Crippen LogP contribution in [0.5, 0.6) is 0 Å². The average molecular weight is 289 g/mol. The molecule has 0 atom stereocenters. The summed E-state index contributed by atoms with van der Waals surface area (Å²) in [4.78, 5) is 3.69. The van der Waals surface area contributed by atoms with Crippen molar-refractivity contribution in [2.24, 2.45) is 0 Å². The highest BCUT2D eigenvalue weighted by atomic mass is 19.2. The first kappa shape index (κ1) is 14.0. The summed E-state index contributed by atoms with van der Waals surface area (Å²) in [6.45, 7) is 1.60. The van der Waals surface area contributed by atoms with Gasteiger partial charge in [0.25, 0.3) is 0 Å². The molecule has 0 fully saturated rings. The van der Waals surface area contributed by atoms with E-state index in [4.69, 9.17) is 5.73 Å². The first-order valence-corrected chi connectivity index (χ1v) is 5.34. The van der Waals surface area contributed by atoms with Crippen molar-refractivity contribution in [3.8, 4) is 0 Å². The Morgan fingerprint density at radius 2 is 1.45 bits per heavy atom. The van der Waals surface area contributed by atoms with Crippen LogP contribution in [0.25, 0.3) is 0 Å². The van der Waals surface area contributed by atoms with E-state index in [1.54, 1.807) is 6.92 Å². The molecular formula is C12H8F5N3. The fourth-order valence-electron chi connectivity index (χ4n) is 1.50. The number of nitrogens with two attached hydrogens (primary N) is 1. The second-order valence-corrected chi connectivity index (χ2v) is 3.96. The molecule has 0 spiro atoms. The van der Waals surface area contributed by atoms with E-state index in [0.717, 1.165) is 0 Å². The van der Waals surface area contributed by atoms with Gasteiger partial charge in [0.15, 0.2) is 29.1 Å². The average Bonchev–Trinajstić information content (AvgIpc) is 2.43. The largest absolute Gasteiger partial charge is 0.396 e. The predicted molar refractivity (Wildman–Crippen MR) is 62.9 cm³/mol. The predicted octanol–water partition coefficient (Wildman–Crippen LogP) is 3.41. The molecule has 3 nitrogen and oxygen atoms in total. The number of hydrogen-bond donors (Lipinski definition) is 2. The molecule has 0 saturated carbocycles. The van der Waals surface area contributed by atoms with Gasteiger partial charge in [0.2, 0.25) is 5.82 Å². The molecule has 0 aliphatic rings.